The molecular formula is C18H34N2O2. The zero-order chi connectivity index (χ0) is 17.4. The minimum Gasteiger partial charge on any atom is -0.478 e. The molecule has 2 rings (SSSR count). The first-order valence-corrected chi connectivity index (χ1v) is 8.56. The highest BCUT2D eigenvalue weighted by Crippen LogP contribution is 2.22. The Kier molecular flexibility index (Phi) is 16.3. The molecule has 128 valence electrons. The van der Waals surface area contributed by atoms with Gasteiger partial charge in [0.1, 0.15) is 0 Å². The summed E-state index contributed by atoms with van der Waals surface area (Å²) in [4.78, 5) is 14.4. The molecule has 1 fully saturated rings. The topological polar surface area (TPSA) is 62.2 Å². The van der Waals surface area contributed by atoms with Crippen LogP contribution in [-0.2, 0) is 0 Å². The molecular weight excluding hydrogens is 276 g/mol. The zero-order valence-electron chi connectivity index (χ0n) is 15.1. The lowest BCUT2D eigenvalue weighted by atomic mass is 10.2. The second-order valence-electron chi connectivity index (χ2n) is 4.65. The molecule has 1 aromatic rings. The number of aromatic carboxylic acids is 1. The molecule has 0 radical (unpaired) electrons. The number of hydrogen-bond acceptors (Lipinski definition) is 3. The third kappa shape index (κ3) is 10.2. The third-order valence-corrected chi connectivity index (χ3v) is 3.06. The predicted octanol–water partition coefficient (Wildman–Crippen LogP) is 5.46. The lowest BCUT2D eigenvalue weighted by molar-refractivity contribution is 0.0698. The van der Waals surface area contributed by atoms with Crippen LogP contribution in [0.4, 0.5) is 5.69 Å². The monoisotopic (exact) mass is 310 g/mol. The summed E-state index contributed by atoms with van der Waals surface area (Å²) in [6.45, 7) is 12.9. The minimum atomic E-state index is -0.937. The molecule has 1 saturated carbocycles. The molecule has 1 heterocycles. The molecule has 0 spiro atoms. The van der Waals surface area contributed by atoms with Gasteiger partial charge in [-0.25, -0.2) is 4.79 Å². The predicted molar refractivity (Wildman–Crippen MR) is 95.7 cm³/mol. The van der Waals surface area contributed by atoms with E-state index in [1.165, 1.54) is 44.1 Å². The number of nitrogens with one attached hydrogen (secondary N) is 1. The first-order valence-electron chi connectivity index (χ1n) is 8.56. The largest absolute Gasteiger partial charge is 0.478 e. The van der Waals surface area contributed by atoms with Crippen LogP contribution in [0.2, 0.25) is 0 Å². The first kappa shape index (κ1) is 22.7. The van der Waals surface area contributed by atoms with Gasteiger partial charge < -0.3 is 10.4 Å². The molecule has 0 aromatic carbocycles. The number of hydrogen-bond donors (Lipinski definition) is 2. The fourth-order valence-corrected chi connectivity index (χ4v) is 2.04. The minimum absolute atomic E-state index is 0.256. The van der Waals surface area contributed by atoms with Crippen LogP contribution in [0.15, 0.2) is 18.5 Å². The van der Waals surface area contributed by atoms with Crippen molar-refractivity contribution in [3.63, 3.8) is 0 Å². The van der Waals surface area contributed by atoms with Crippen molar-refractivity contribution in [2.24, 2.45) is 5.92 Å². The Morgan fingerprint density at radius 2 is 1.82 bits per heavy atom. The molecule has 2 N–H and O–H groups in total. The van der Waals surface area contributed by atoms with Crippen molar-refractivity contribution in [1.29, 1.82) is 0 Å². The van der Waals surface area contributed by atoms with Crippen LogP contribution in [0.1, 0.15) is 77.6 Å². The Labute approximate surface area is 136 Å². The van der Waals surface area contributed by atoms with Crippen molar-refractivity contribution < 1.29 is 9.90 Å². The van der Waals surface area contributed by atoms with Gasteiger partial charge in [-0.15, -0.1) is 0 Å². The third-order valence-electron chi connectivity index (χ3n) is 3.06. The van der Waals surface area contributed by atoms with Crippen LogP contribution in [0.25, 0.3) is 0 Å². The van der Waals surface area contributed by atoms with E-state index in [1.807, 2.05) is 34.6 Å². The molecule has 0 atom stereocenters. The van der Waals surface area contributed by atoms with Gasteiger partial charge in [0.2, 0.25) is 0 Å². The van der Waals surface area contributed by atoms with Crippen molar-refractivity contribution in [2.45, 2.75) is 67.2 Å². The molecule has 0 unspecified atom stereocenters. The summed E-state index contributed by atoms with van der Waals surface area (Å²) in [6, 6.07) is 1.47. The maximum atomic E-state index is 10.6. The van der Waals surface area contributed by atoms with Crippen LogP contribution in [-0.4, -0.2) is 22.6 Å². The molecule has 4 heteroatoms. The number of nitrogens with zero attached hydrogens (tertiary/aromatic N) is 1. The number of carbonyl (C=O) groups is 1. The van der Waals surface area contributed by atoms with E-state index < -0.39 is 5.97 Å². The van der Waals surface area contributed by atoms with Crippen molar-refractivity contribution in [3.05, 3.63) is 24.0 Å². The molecule has 1 aliphatic carbocycles. The molecule has 0 aliphatic heterocycles. The Hall–Kier alpha value is -1.58. The van der Waals surface area contributed by atoms with Crippen molar-refractivity contribution in [3.8, 4) is 0 Å². The maximum Gasteiger partial charge on any atom is 0.337 e. The Morgan fingerprint density at radius 3 is 2.18 bits per heavy atom. The van der Waals surface area contributed by atoms with Crippen LogP contribution >= 0.6 is 0 Å². The number of anilines is 1. The number of aromatic nitrogens is 1. The van der Waals surface area contributed by atoms with E-state index in [9.17, 15) is 4.79 Å². The Morgan fingerprint density at radius 1 is 1.27 bits per heavy atom. The van der Waals surface area contributed by atoms with Crippen LogP contribution in [0.3, 0.4) is 0 Å². The Bertz CT molecular complexity index is 375. The summed E-state index contributed by atoms with van der Waals surface area (Å²) in [6.07, 6.45) is 8.92. The first-order chi connectivity index (χ1) is 10.6. The van der Waals surface area contributed by atoms with Gasteiger partial charge in [-0.3, -0.25) is 4.98 Å². The van der Waals surface area contributed by atoms with Gasteiger partial charge in [0.15, 0.2) is 0 Å². The van der Waals surface area contributed by atoms with Gasteiger partial charge >= 0.3 is 5.97 Å². The summed E-state index contributed by atoms with van der Waals surface area (Å²) < 4.78 is 0. The maximum absolute atomic E-state index is 10.6. The quantitative estimate of drug-likeness (QED) is 0.778. The summed E-state index contributed by atoms with van der Waals surface area (Å²) in [5, 5.41) is 11.6. The number of carboxylic acid groups (broad SMARTS) is 1. The van der Waals surface area contributed by atoms with E-state index >= 15 is 0 Å². The van der Waals surface area contributed by atoms with E-state index in [0.717, 1.165) is 5.92 Å². The molecule has 1 aromatic heterocycles. The highest BCUT2D eigenvalue weighted by Gasteiger charge is 2.08. The highest BCUT2D eigenvalue weighted by atomic mass is 16.4. The van der Waals surface area contributed by atoms with Gasteiger partial charge in [0, 0.05) is 12.7 Å². The molecule has 0 amide bonds. The number of rotatable bonds is 3. The van der Waals surface area contributed by atoms with Gasteiger partial charge in [0.25, 0.3) is 0 Å². The lowest BCUT2D eigenvalue weighted by Gasteiger charge is -2.04. The molecule has 0 saturated heterocycles. The summed E-state index contributed by atoms with van der Waals surface area (Å²) in [5.74, 6) is 0.110. The average molecular weight is 310 g/mol. The molecule has 0 bridgehead atoms. The SMILES string of the molecule is CC.CC.CC1CCCC1.CCNc1cnccc1C(=O)O. The lowest BCUT2D eigenvalue weighted by Crippen LogP contribution is -2.05. The number of pyridine rings is 1. The summed E-state index contributed by atoms with van der Waals surface area (Å²) in [5.41, 5.74) is 0.819. The Balaban J connectivity index is 0. The van der Waals surface area contributed by atoms with Gasteiger partial charge in [-0.1, -0.05) is 60.3 Å². The molecule has 22 heavy (non-hydrogen) atoms. The van der Waals surface area contributed by atoms with E-state index in [0.29, 0.717) is 12.2 Å². The standard InChI is InChI=1S/C8H10N2O2.C6H12.2C2H6/c1-2-10-7-5-9-4-3-6(7)8(11)12;1-6-4-2-3-5-6;2*1-2/h3-5,10H,2H2,1H3,(H,11,12);6H,2-5H2,1H3;2*1-2H3. The van der Waals surface area contributed by atoms with E-state index in [4.69, 9.17) is 5.11 Å². The van der Waals surface area contributed by atoms with E-state index in [-0.39, 0.29) is 5.56 Å². The van der Waals surface area contributed by atoms with Crippen molar-refractivity contribution in [2.75, 3.05) is 11.9 Å². The smallest absolute Gasteiger partial charge is 0.337 e. The van der Waals surface area contributed by atoms with Gasteiger partial charge in [-0.05, 0) is 18.9 Å². The van der Waals surface area contributed by atoms with E-state index in [1.54, 1.807) is 0 Å². The summed E-state index contributed by atoms with van der Waals surface area (Å²) in [7, 11) is 0. The van der Waals surface area contributed by atoms with E-state index in [2.05, 4.69) is 17.2 Å². The van der Waals surface area contributed by atoms with Gasteiger partial charge in [0.05, 0.1) is 17.4 Å². The fraction of sp³-hybridized carbons (Fsp3) is 0.667. The second kappa shape index (κ2) is 15.8. The van der Waals surface area contributed by atoms with Crippen LogP contribution < -0.4 is 5.32 Å². The van der Waals surface area contributed by atoms with Gasteiger partial charge in [-0.2, -0.15) is 0 Å². The number of carboxylic acids is 1. The van der Waals surface area contributed by atoms with Crippen LogP contribution in [0.5, 0.6) is 0 Å². The summed E-state index contributed by atoms with van der Waals surface area (Å²) >= 11 is 0. The average Bonchev–Trinajstić information content (AvgIpc) is 3.04. The molecule has 4 nitrogen and oxygen atoms in total. The normalized spacial score (nSPS) is 12.6. The fourth-order valence-electron chi connectivity index (χ4n) is 2.04. The zero-order valence-corrected chi connectivity index (χ0v) is 15.1. The highest BCUT2D eigenvalue weighted by molar-refractivity contribution is 5.93. The van der Waals surface area contributed by atoms with Crippen molar-refractivity contribution in [1.82, 2.24) is 4.98 Å². The molecule has 1 aliphatic rings. The van der Waals surface area contributed by atoms with Crippen molar-refractivity contribution >= 4 is 11.7 Å². The second-order valence-corrected chi connectivity index (χ2v) is 4.65. The van der Waals surface area contributed by atoms with Crippen LogP contribution in [0, 0.1) is 5.92 Å².